The van der Waals surface area contributed by atoms with Crippen molar-refractivity contribution in [3.63, 3.8) is 0 Å². The van der Waals surface area contributed by atoms with Gasteiger partial charge in [-0.15, -0.1) is 5.10 Å². The number of rotatable bonds is 11. The molecular formula is C30H39ClN8O2Si. The van der Waals surface area contributed by atoms with Gasteiger partial charge in [0.25, 0.3) is 0 Å². The number of benzene rings is 1. The fourth-order valence-electron chi connectivity index (χ4n) is 4.94. The molecule has 0 saturated carbocycles. The highest BCUT2D eigenvalue weighted by Crippen LogP contribution is 2.36. The van der Waals surface area contributed by atoms with Crippen LogP contribution < -0.4 is 5.32 Å². The monoisotopic (exact) mass is 606 g/mol. The summed E-state index contributed by atoms with van der Waals surface area (Å²) in [7, 11) is -1.18. The van der Waals surface area contributed by atoms with Crippen molar-refractivity contribution < 1.29 is 9.53 Å². The lowest BCUT2D eigenvalue weighted by atomic mass is 10.0. The van der Waals surface area contributed by atoms with Gasteiger partial charge in [-0.3, -0.25) is 9.69 Å². The maximum atomic E-state index is 11.7. The van der Waals surface area contributed by atoms with E-state index >= 15 is 0 Å². The standard InChI is InChI=1S/C30H39ClN8O2Si/c1-21-16-32-28(34-22(2)40)15-27(21)39-18-25(30-33-19-38(36-30)20-41-12-13-42(3,4)5)29(35-39)24-14-23(8-9-26(24)31)17-37-10-6-7-11-37/h8-9,14-16,18-19H,6-7,10-13,17,20H2,1-5H3,(H,32,34,40). The summed E-state index contributed by atoms with van der Waals surface area (Å²) in [5, 5.41) is 13.1. The molecule has 0 spiro atoms. The Kier molecular flexibility index (Phi) is 9.21. The molecule has 1 aliphatic heterocycles. The van der Waals surface area contributed by atoms with Crippen LogP contribution >= 0.6 is 11.6 Å². The summed E-state index contributed by atoms with van der Waals surface area (Å²) in [5.41, 5.74) is 5.09. The van der Waals surface area contributed by atoms with Crippen molar-refractivity contribution >= 4 is 31.4 Å². The molecule has 1 fully saturated rings. The quantitative estimate of drug-likeness (QED) is 0.164. The summed E-state index contributed by atoms with van der Waals surface area (Å²) < 4.78 is 9.39. The maximum absolute atomic E-state index is 11.7. The zero-order valence-electron chi connectivity index (χ0n) is 25.0. The van der Waals surface area contributed by atoms with E-state index in [1.807, 2.05) is 19.2 Å². The zero-order valence-corrected chi connectivity index (χ0v) is 26.8. The number of nitrogens with one attached hydrogen (secondary N) is 1. The number of carbonyl (C=O) groups excluding carboxylic acids is 1. The van der Waals surface area contributed by atoms with Gasteiger partial charge < -0.3 is 10.1 Å². The minimum atomic E-state index is -1.18. The van der Waals surface area contributed by atoms with E-state index in [1.165, 1.54) is 25.3 Å². The third-order valence-electron chi connectivity index (χ3n) is 7.23. The van der Waals surface area contributed by atoms with Crippen molar-refractivity contribution in [2.45, 2.75) is 65.6 Å². The molecular weight excluding hydrogens is 568 g/mol. The molecule has 0 aliphatic carbocycles. The van der Waals surface area contributed by atoms with Crippen molar-refractivity contribution in [3.05, 3.63) is 59.1 Å². The van der Waals surface area contributed by atoms with Gasteiger partial charge >= 0.3 is 0 Å². The van der Waals surface area contributed by atoms with Gasteiger partial charge in [0.1, 0.15) is 24.6 Å². The summed E-state index contributed by atoms with van der Waals surface area (Å²) in [6, 6.07) is 9.04. The summed E-state index contributed by atoms with van der Waals surface area (Å²) >= 11 is 6.82. The number of pyridine rings is 1. The second-order valence-electron chi connectivity index (χ2n) is 12.1. The maximum Gasteiger partial charge on any atom is 0.222 e. The molecule has 4 heterocycles. The molecule has 1 amide bonds. The number of halogens is 1. The Morgan fingerprint density at radius 2 is 1.88 bits per heavy atom. The molecule has 5 rings (SSSR count). The Labute approximate surface area is 253 Å². The van der Waals surface area contributed by atoms with Crippen LogP contribution in [-0.2, 0) is 22.8 Å². The number of carbonyl (C=O) groups is 1. The highest BCUT2D eigenvalue weighted by atomic mass is 35.5. The first kappa shape index (κ1) is 30.1. The molecule has 42 heavy (non-hydrogen) atoms. The first-order chi connectivity index (χ1) is 20.1. The van der Waals surface area contributed by atoms with Crippen LogP contribution in [0.15, 0.2) is 43.0 Å². The van der Waals surface area contributed by atoms with Crippen LogP contribution in [0.5, 0.6) is 0 Å². The van der Waals surface area contributed by atoms with Crippen molar-refractivity contribution in [3.8, 4) is 28.3 Å². The summed E-state index contributed by atoms with van der Waals surface area (Å²) in [4.78, 5) is 23.1. The predicted molar refractivity (Wildman–Crippen MR) is 168 cm³/mol. The highest BCUT2D eigenvalue weighted by molar-refractivity contribution is 6.76. The van der Waals surface area contributed by atoms with Crippen molar-refractivity contribution in [2.75, 3.05) is 25.0 Å². The summed E-state index contributed by atoms with van der Waals surface area (Å²) in [6.45, 7) is 14.5. The molecule has 4 aromatic rings. The van der Waals surface area contributed by atoms with E-state index in [9.17, 15) is 4.79 Å². The minimum Gasteiger partial charge on any atom is -0.359 e. The molecule has 12 heteroatoms. The van der Waals surface area contributed by atoms with Crippen LogP contribution in [0.2, 0.25) is 30.7 Å². The molecule has 1 aliphatic rings. The van der Waals surface area contributed by atoms with Crippen LogP contribution in [0, 0.1) is 6.92 Å². The second-order valence-corrected chi connectivity index (χ2v) is 18.2. The number of aryl methyl sites for hydroxylation is 1. The van der Waals surface area contributed by atoms with Crippen LogP contribution in [0.1, 0.15) is 30.9 Å². The second kappa shape index (κ2) is 12.9. The Balaban J connectivity index is 1.52. The number of amides is 1. The zero-order chi connectivity index (χ0) is 29.9. The van der Waals surface area contributed by atoms with Gasteiger partial charge in [-0.25, -0.2) is 19.3 Å². The number of anilines is 1. The van der Waals surface area contributed by atoms with Gasteiger partial charge in [-0.2, -0.15) is 5.10 Å². The number of nitrogens with zero attached hydrogens (tertiary/aromatic N) is 7. The molecule has 1 aromatic carbocycles. The van der Waals surface area contributed by atoms with E-state index in [1.54, 1.807) is 28.0 Å². The Bertz CT molecular complexity index is 1560. The molecule has 10 nitrogen and oxygen atoms in total. The highest BCUT2D eigenvalue weighted by Gasteiger charge is 2.22. The lowest BCUT2D eigenvalue weighted by Gasteiger charge is -2.15. The first-order valence-corrected chi connectivity index (χ1v) is 18.5. The van der Waals surface area contributed by atoms with Gasteiger partial charge in [0.2, 0.25) is 5.91 Å². The third kappa shape index (κ3) is 7.52. The van der Waals surface area contributed by atoms with Crippen LogP contribution in [0.4, 0.5) is 5.82 Å². The first-order valence-electron chi connectivity index (χ1n) is 14.4. The van der Waals surface area contributed by atoms with E-state index < -0.39 is 8.07 Å². The number of ether oxygens (including phenoxy) is 1. The molecule has 0 radical (unpaired) electrons. The van der Waals surface area contributed by atoms with Gasteiger partial charge in [-0.1, -0.05) is 37.3 Å². The van der Waals surface area contributed by atoms with Crippen molar-refractivity contribution in [1.29, 1.82) is 0 Å². The van der Waals surface area contributed by atoms with Crippen LogP contribution in [0.3, 0.4) is 0 Å². The average Bonchev–Trinajstić information content (AvgIpc) is 3.69. The normalized spacial score (nSPS) is 14.0. The average molecular weight is 607 g/mol. The molecule has 0 bridgehead atoms. The topological polar surface area (TPSA) is 103 Å². The lowest BCUT2D eigenvalue weighted by molar-refractivity contribution is -0.114. The Morgan fingerprint density at radius 1 is 1.10 bits per heavy atom. The van der Waals surface area contributed by atoms with Crippen LogP contribution in [0.25, 0.3) is 28.3 Å². The van der Waals surface area contributed by atoms with E-state index in [-0.39, 0.29) is 5.91 Å². The van der Waals surface area contributed by atoms with Gasteiger partial charge in [-0.05, 0) is 62.2 Å². The predicted octanol–water partition coefficient (Wildman–Crippen LogP) is 6.02. The number of hydrogen-bond acceptors (Lipinski definition) is 7. The molecule has 1 N–H and O–H groups in total. The minimum absolute atomic E-state index is 0.192. The molecule has 3 aromatic heterocycles. The van der Waals surface area contributed by atoms with E-state index in [4.69, 9.17) is 26.5 Å². The lowest BCUT2D eigenvalue weighted by Crippen LogP contribution is -2.22. The van der Waals surface area contributed by atoms with E-state index in [0.29, 0.717) is 35.7 Å². The van der Waals surface area contributed by atoms with Gasteiger partial charge in [0, 0.05) is 52.2 Å². The molecule has 1 saturated heterocycles. The van der Waals surface area contributed by atoms with Crippen LogP contribution in [-0.4, -0.2) is 68.1 Å². The van der Waals surface area contributed by atoms with Crippen molar-refractivity contribution in [2.24, 2.45) is 0 Å². The summed E-state index contributed by atoms with van der Waals surface area (Å²) in [5.74, 6) is 0.785. The molecule has 0 unspecified atom stereocenters. The largest absolute Gasteiger partial charge is 0.359 e. The number of likely N-dealkylation sites (tertiary alicyclic amines) is 1. The summed E-state index contributed by atoms with van der Waals surface area (Å²) in [6.07, 6.45) is 7.78. The van der Waals surface area contributed by atoms with E-state index in [0.717, 1.165) is 48.1 Å². The third-order valence-corrected chi connectivity index (χ3v) is 9.26. The number of aromatic nitrogens is 6. The molecule has 0 atom stereocenters. The molecule has 222 valence electrons. The Morgan fingerprint density at radius 3 is 2.62 bits per heavy atom. The fraction of sp³-hybridized carbons (Fsp3) is 0.433. The fourth-order valence-corrected chi connectivity index (χ4v) is 5.90. The number of hydrogen-bond donors (Lipinski definition) is 1. The Hall–Kier alpha value is -3.38. The smallest absolute Gasteiger partial charge is 0.222 e. The van der Waals surface area contributed by atoms with Gasteiger partial charge in [0.15, 0.2) is 5.82 Å². The van der Waals surface area contributed by atoms with Crippen molar-refractivity contribution in [1.82, 2.24) is 34.4 Å². The van der Waals surface area contributed by atoms with E-state index in [2.05, 4.69) is 52.0 Å². The van der Waals surface area contributed by atoms with Gasteiger partial charge in [0.05, 0.1) is 16.3 Å². The SMILES string of the molecule is CC(=O)Nc1cc(-n2cc(-c3ncn(COCC[Si](C)(C)C)n3)c(-c3cc(CN4CCCC4)ccc3Cl)n2)c(C)cn1.